The van der Waals surface area contributed by atoms with E-state index in [1.807, 2.05) is 9.80 Å². The molecule has 0 amide bonds. The van der Waals surface area contributed by atoms with Crippen molar-refractivity contribution in [3.8, 4) is 0 Å². The van der Waals surface area contributed by atoms with Crippen molar-refractivity contribution in [2.45, 2.75) is 16.1 Å². The van der Waals surface area contributed by atoms with Crippen molar-refractivity contribution in [3.63, 3.8) is 0 Å². The molecule has 284 valence electrons. The van der Waals surface area contributed by atoms with Gasteiger partial charge in [0.25, 0.3) is 20.2 Å². The molecule has 6 rings (SSSR count). The first kappa shape index (κ1) is 37.8. The SMILES string of the molecule is COS(=O)(=O)c1cc(NC2=NC(N)N(C)C(N3CCOCC3)=N2)ccc1/C=C/c1ccc(Nc2nc(N)nc(N3CCOCC3)n2)cc1S(=O)(=O)OC. The number of aliphatic imine (C=N–C) groups is 2. The molecule has 2 aromatic carbocycles. The highest BCUT2D eigenvalue weighted by molar-refractivity contribution is 7.87. The van der Waals surface area contributed by atoms with E-state index >= 15 is 0 Å². The molecule has 6 N–H and O–H groups in total. The molecule has 0 radical (unpaired) electrons. The summed E-state index contributed by atoms with van der Waals surface area (Å²) in [5.41, 5.74) is 13.3. The van der Waals surface area contributed by atoms with E-state index in [-0.39, 0.29) is 38.8 Å². The number of benzene rings is 2. The second-order valence-electron chi connectivity index (χ2n) is 11.7. The molecule has 2 saturated heterocycles. The molecule has 0 spiro atoms. The standard InChI is InChI=1S/C31H40N12O8S2/c1-41-27(33)38-29(40-31(41)43-12-16-51-17-13-43)35-23-9-7-21(25(19-23)53(46,47)49-3)5-4-20-6-8-22(18-24(20)52(44,45)48-2)34-28-36-26(32)37-30(39-28)42-10-14-50-15-11-42/h4-9,18-19,27H,10-17,33H2,1-3H3,(H,35,38)(H3,32,34,36,37,39)/b5-4+. The third kappa shape index (κ3) is 8.81. The van der Waals surface area contributed by atoms with Gasteiger partial charge in [-0.1, -0.05) is 24.3 Å². The van der Waals surface area contributed by atoms with Crippen molar-refractivity contribution in [2.75, 3.05) is 95.1 Å². The lowest BCUT2D eigenvalue weighted by Crippen LogP contribution is -2.55. The van der Waals surface area contributed by atoms with E-state index in [1.165, 1.54) is 36.4 Å². The number of hydrogen-bond acceptors (Lipinski definition) is 20. The number of guanidine groups is 2. The van der Waals surface area contributed by atoms with E-state index in [2.05, 4.69) is 35.6 Å². The summed E-state index contributed by atoms with van der Waals surface area (Å²) in [6, 6.07) is 8.97. The highest BCUT2D eigenvalue weighted by atomic mass is 32.2. The van der Waals surface area contributed by atoms with Gasteiger partial charge in [0.15, 0.2) is 6.29 Å². The van der Waals surface area contributed by atoms with Crippen LogP contribution in [0.25, 0.3) is 12.2 Å². The Morgan fingerprint density at radius 1 is 0.792 bits per heavy atom. The van der Waals surface area contributed by atoms with Crippen LogP contribution in [0.5, 0.6) is 0 Å². The summed E-state index contributed by atoms with van der Waals surface area (Å²) in [5.74, 6) is 1.21. The predicted octanol–water partition coefficient (Wildman–Crippen LogP) is 0.518. The molecule has 1 aromatic heterocycles. The van der Waals surface area contributed by atoms with Crippen LogP contribution >= 0.6 is 0 Å². The predicted molar refractivity (Wildman–Crippen MR) is 197 cm³/mol. The lowest BCUT2D eigenvalue weighted by Gasteiger charge is -2.37. The van der Waals surface area contributed by atoms with Crippen molar-refractivity contribution in [1.82, 2.24) is 24.8 Å². The van der Waals surface area contributed by atoms with Crippen LogP contribution in [0.3, 0.4) is 0 Å². The quantitative estimate of drug-likeness (QED) is 0.162. The van der Waals surface area contributed by atoms with Gasteiger partial charge in [-0.2, -0.15) is 36.8 Å². The van der Waals surface area contributed by atoms with Crippen LogP contribution in [0.2, 0.25) is 0 Å². The maximum absolute atomic E-state index is 13.1. The zero-order valence-electron chi connectivity index (χ0n) is 29.2. The Kier molecular flexibility index (Phi) is 11.4. The number of nitrogens with one attached hydrogen (secondary N) is 2. The summed E-state index contributed by atoms with van der Waals surface area (Å²) >= 11 is 0. The van der Waals surface area contributed by atoms with E-state index in [0.29, 0.717) is 75.9 Å². The number of nitrogens with zero attached hydrogens (tertiary/aromatic N) is 8. The van der Waals surface area contributed by atoms with Crippen LogP contribution in [-0.4, -0.2) is 134 Å². The lowest BCUT2D eigenvalue weighted by atomic mass is 10.1. The monoisotopic (exact) mass is 772 g/mol. The highest BCUT2D eigenvalue weighted by Gasteiger charge is 2.27. The molecule has 20 nitrogen and oxygen atoms in total. The van der Waals surface area contributed by atoms with Gasteiger partial charge in [-0.25, -0.2) is 4.99 Å². The van der Waals surface area contributed by atoms with Gasteiger partial charge in [0.2, 0.25) is 29.8 Å². The number of nitrogen functional groups attached to an aromatic ring is 1. The van der Waals surface area contributed by atoms with Crippen LogP contribution in [0.15, 0.2) is 56.2 Å². The van der Waals surface area contributed by atoms with Gasteiger partial charge in [-0.15, -0.1) is 0 Å². The molecular formula is C31H40N12O8S2. The highest BCUT2D eigenvalue weighted by Crippen LogP contribution is 2.29. The van der Waals surface area contributed by atoms with Gasteiger partial charge in [-0.05, 0) is 35.4 Å². The molecule has 53 heavy (non-hydrogen) atoms. The first-order chi connectivity index (χ1) is 25.4. The normalized spacial score (nSPS) is 18.6. The summed E-state index contributed by atoms with van der Waals surface area (Å²) in [4.78, 5) is 27.1. The second-order valence-corrected chi connectivity index (χ2v) is 15.1. The molecule has 3 aliphatic rings. The minimum absolute atomic E-state index is 0.0234. The average molecular weight is 773 g/mol. The lowest BCUT2D eigenvalue weighted by molar-refractivity contribution is 0.0616. The zero-order valence-corrected chi connectivity index (χ0v) is 30.8. The smallest absolute Gasteiger partial charge is 0.297 e. The number of nitrogens with two attached hydrogens (primary N) is 2. The molecule has 1 unspecified atom stereocenters. The van der Waals surface area contributed by atoms with Crippen molar-refractivity contribution < 1.29 is 34.7 Å². The van der Waals surface area contributed by atoms with Crippen LogP contribution in [0.4, 0.5) is 29.2 Å². The number of rotatable bonds is 10. The Balaban J connectivity index is 1.28. The van der Waals surface area contributed by atoms with Gasteiger partial charge in [0.1, 0.15) is 9.79 Å². The summed E-state index contributed by atoms with van der Waals surface area (Å²) in [6.45, 7) is 4.49. The number of ether oxygens (including phenoxy) is 2. The first-order valence-corrected chi connectivity index (χ1v) is 19.1. The summed E-state index contributed by atoms with van der Waals surface area (Å²) < 4.78 is 73.0. The summed E-state index contributed by atoms with van der Waals surface area (Å²) in [6.07, 6.45) is 2.16. The second kappa shape index (κ2) is 16.0. The maximum Gasteiger partial charge on any atom is 0.297 e. The minimum atomic E-state index is -4.26. The molecule has 3 aromatic rings. The van der Waals surface area contributed by atoms with Crippen LogP contribution in [0.1, 0.15) is 11.1 Å². The van der Waals surface area contributed by atoms with E-state index < -0.39 is 26.5 Å². The fraction of sp³-hybridized carbons (Fsp3) is 0.387. The minimum Gasteiger partial charge on any atom is -0.378 e. The third-order valence-corrected chi connectivity index (χ3v) is 11.0. The Hall–Kier alpha value is -4.97. The molecule has 0 saturated carbocycles. The third-order valence-electron chi connectivity index (χ3n) is 8.36. The Morgan fingerprint density at radius 2 is 1.32 bits per heavy atom. The van der Waals surface area contributed by atoms with E-state index in [9.17, 15) is 16.8 Å². The Labute approximate surface area is 306 Å². The molecule has 1 atom stereocenters. The van der Waals surface area contributed by atoms with E-state index in [0.717, 1.165) is 14.2 Å². The van der Waals surface area contributed by atoms with E-state index in [4.69, 9.17) is 29.3 Å². The number of hydrogen-bond donors (Lipinski definition) is 4. The maximum atomic E-state index is 13.1. The van der Waals surface area contributed by atoms with E-state index in [1.54, 1.807) is 24.1 Å². The fourth-order valence-electron chi connectivity index (χ4n) is 5.54. The van der Waals surface area contributed by atoms with Gasteiger partial charge >= 0.3 is 0 Å². The zero-order chi connectivity index (χ0) is 37.8. The Bertz CT molecular complexity index is 2140. The summed E-state index contributed by atoms with van der Waals surface area (Å²) in [5, 5.41) is 6.03. The van der Waals surface area contributed by atoms with Gasteiger partial charge in [0, 0.05) is 44.6 Å². The molecule has 0 aliphatic carbocycles. The molecule has 3 aliphatic heterocycles. The molecule has 4 heterocycles. The topological polar surface area (TPSA) is 254 Å². The van der Waals surface area contributed by atoms with Crippen LogP contribution in [-0.2, 0) is 38.1 Å². The van der Waals surface area contributed by atoms with Crippen molar-refractivity contribution in [2.24, 2.45) is 15.7 Å². The van der Waals surface area contributed by atoms with Crippen molar-refractivity contribution >= 4 is 73.5 Å². The largest absolute Gasteiger partial charge is 0.378 e. The molecule has 0 bridgehead atoms. The molecule has 2 fully saturated rings. The number of aromatic nitrogens is 3. The van der Waals surface area contributed by atoms with Crippen molar-refractivity contribution in [1.29, 1.82) is 0 Å². The molecule has 22 heteroatoms. The average Bonchev–Trinajstić information content (AvgIpc) is 3.16. The number of anilines is 5. The summed E-state index contributed by atoms with van der Waals surface area (Å²) in [7, 11) is -4.66. The van der Waals surface area contributed by atoms with Crippen LogP contribution in [0, 0.1) is 0 Å². The van der Waals surface area contributed by atoms with Crippen LogP contribution < -0.4 is 27.0 Å². The molecular weight excluding hydrogens is 733 g/mol. The van der Waals surface area contributed by atoms with Gasteiger partial charge in [-0.3, -0.25) is 14.1 Å². The fourth-order valence-corrected chi connectivity index (χ4v) is 7.29. The van der Waals surface area contributed by atoms with Gasteiger partial charge < -0.3 is 40.5 Å². The van der Waals surface area contributed by atoms with Crippen molar-refractivity contribution in [3.05, 3.63) is 47.5 Å². The Morgan fingerprint density at radius 3 is 1.87 bits per heavy atom. The van der Waals surface area contributed by atoms with Gasteiger partial charge in [0.05, 0.1) is 40.6 Å². The first-order valence-electron chi connectivity index (χ1n) is 16.3. The number of morpholine rings is 2.